The molecule has 0 saturated carbocycles. The Bertz CT molecular complexity index is 363. The summed E-state index contributed by atoms with van der Waals surface area (Å²) >= 11 is 7.39. The fraction of sp³-hybridized carbons (Fsp3) is 0.300. The van der Waals surface area contributed by atoms with E-state index in [1.54, 1.807) is 11.3 Å². The average Bonchev–Trinajstić information content (AvgIpc) is 2.57. The van der Waals surface area contributed by atoms with Gasteiger partial charge in [0.15, 0.2) is 0 Å². The molecule has 0 unspecified atom stereocenters. The first-order valence-corrected chi connectivity index (χ1v) is 5.65. The van der Waals surface area contributed by atoms with Gasteiger partial charge in [0.1, 0.15) is 0 Å². The van der Waals surface area contributed by atoms with Crippen LogP contribution in [-0.4, -0.2) is 10.9 Å². The highest BCUT2D eigenvalue weighted by molar-refractivity contribution is 7.18. The second-order valence-electron chi connectivity index (χ2n) is 2.87. The zero-order chi connectivity index (χ0) is 9.10. The predicted octanol–water partition coefficient (Wildman–Crippen LogP) is 3.47. The lowest BCUT2D eigenvalue weighted by Gasteiger charge is -1.88. The van der Waals surface area contributed by atoms with E-state index in [1.165, 1.54) is 9.71 Å². The van der Waals surface area contributed by atoms with E-state index < -0.39 is 0 Å². The summed E-state index contributed by atoms with van der Waals surface area (Å²) in [6.45, 7) is 0. The molecule has 3 heteroatoms. The maximum absolute atomic E-state index is 5.63. The molecule has 2 aromatic rings. The summed E-state index contributed by atoms with van der Waals surface area (Å²) in [6.07, 6.45) is 2.02. The van der Waals surface area contributed by atoms with E-state index >= 15 is 0 Å². The molecule has 68 valence electrons. The molecule has 0 amide bonds. The SMILES string of the molecule is ClCCCc1nc2ccccc2s1. The molecule has 1 heterocycles. The number of thiazole rings is 1. The summed E-state index contributed by atoms with van der Waals surface area (Å²) in [5.41, 5.74) is 1.11. The highest BCUT2D eigenvalue weighted by Gasteiger charge is 2.01. The molecule has 2 rings (SSSR count). The van der Waals surface area contributed by atoms with Crippen molar-refractivity contribution in [1.82, 2.24) is 4.98 Å². The van der Waals surface area contributed by atoms with Gasteiger partial charge in [-0.1, -0.05) is 12.1 Å². The van der Waals surface area contributed by atoms with E-state index in [4.69, 9.17) is 11.6 Å². The Kier molecular flexibility index (Phi) is 2.81. The number of aromatic nitrogens is 1. The van der Waals surface area contributed by atoms with Gasteiger partial charge in [-0.05, 0) is 18.6 Å². The number of halogens is 1. The van der Waals surface area contributed by atoms with Crippen molar-refractivity contribution in [1.29, 1.82) is 0 Å². The van der Waals surface area contributed by atoms with Gasteiger partial charge in [-0.25, -0.2) is 4.98 Å². The number of alkyl halides is 1. The minimum absolute atomic E-state index is 0.718. The van der Waals surface area contributed by atoms with Crippen LogP contribution in [0.5, 0.6) is 0 Å². The second kappa shape index (κ2) is 4.07. The van der Waals surface area contributed by atoms with Gasteiger partial charge in [0, 0.05) is 12.3 Å². The summed E-state index contributed by atoms with van der Waals surface area (Å²) in [6, 6.07) is 8.23. The topological polar surface area (TPSA) is 12.9 Å². The number of hydrogen-bond donors (Lipinski definition) is 0. The van der Waals surface area contributed by atoms with Crippen molar-refractivity contribution in [2.45, 2.75) is 12.8 Å². The molecule has 13 heavy (non-hydrogen) atoms. The van der Waals surface area contributed by atoms with Crippen LogP contribution in [0.1, 0.15) is 11.4 Å². The van der Waals surface area contributed by atoms with Crippen LogP contribution in [0.3, 0.4) is 0 Å². The molecule has 0 saturated heterocycles. The molecule has 0 aliphatic heterocycles. The van der Waals surface area contributed by atoms with Crippen LogP contribution in [0.4, 0.5) is 0 Å². The van der Waals surface area contributed by atoms with E-state index in [9.17, 15) is 0 Å². The Labute approximate surface area is 86.4 Å². The van der Waals surface area contributed by atoms with Crippen molar-refractivity contribution < 1.29 is 0 Å². The zero-order valence-corrected chi connectivity index (χ0v) is 8.74. The molecule has 0 spiro atoms. The van der Waals surface area contributed by atoms with Crippen LogP contribution in [0.2, 0.25) is 0 Å². The third kappa shape index (κ3) is 2.01. The zero-order valence-electron chi connectivity index (χ0n) is 7.16. The first kappa shape index (κ1) is 8.97. The van der Waals surface area contributed by atoms with Crippen molar-refractivity contribution in [3.05, 3.63) is 29.3 Å². The van der Waals surface area contributed by atoms with Crippen molar-refractivity contribution in [2.75, 3.05) is 5.88 Å². The number of nitrogens with zero attached hydrogens (tertiary/aromatic N) is 1. The van der Waals surface area contributed by atoms with E-state index in [0.29, 0.717) is 0 Å². The van der Waals surface area contributed by atoms with Crippen molar-refractivity contribution in [2.24, 2.45) is 0 Å². The maximum atomic E-state index is 5.63. The standard InChI is InChI=1S/C10H10ClNS/c11-7-3-6-10-12-8-4-1-2-5-9(8)13-10/h1-2,4-5H,3,6-7H2. The normalized spacial score (nSPS) is 10.8. The largest absolute Gasteiger partial charge is 0.241 e. The Balaban J connectivity index is 2.28. The van der Waals surface area contributed by atoms with Gasteiger partial charge in [-0.2, -0.15) is 0 Å². The number of para-hydroxylation sites is 1. The fourth-order valence-corrected chi connectivity index (χ4v) is 2.39. The number of benzene rings is 1. The molecular formula is C10H10ClNS. The third-order valence-electron chi connectivity index (χ3n) is 1.86. The summed E-state index contributed by atoms with van der Waals surface area (Å²) in [5.74, 6) is 0.718. The lowest BCUT2D eigenvalue weighted by molar-refractivity contribution is 0.919. The number of aryl methyl sites for hydroxylation is 1. The third-order valence-corrected chi connectivity index (χ3v) is 3.23. The first-order valence-electron chi connectivity index (χ1n) is 4.30. The van der Waals surface area contributed by atoms with E-state index in [2.05, 4.69) is 17.1 Å². The summed E-state index contributed by atoms with van der Waals surface area (Å²) in [5, 5.41) is 1.20. The van der Waals surface area contributed by atoms with Crippen LogP contribution < -0.4 is 0 Å². The first-order chi connectivity index (χ1) is 6.40. The molecule has 0 aliphatic rings. The van der Waals surface area contributed by atoms with Crippen molar-refractivity contribution >= 4 is 33.2 Å². The summed E-state index contributed by atoms with van der Waals surface area (Å²) < 4.78 is 1.27. The highest BCUT2D eigenvalue weighted by Crippen LogP contribution is 2.22. The van der Waals surface area contributed by atoms with Crippen LogP contribution in [-0.2, 0) is 6.42 Å². The van der Waals surface area contributed by atoms with Gasteiger partial charge in [-0.3, -0.25) is 0 Å². The molecule has 0 radical (unpaired) electrons. The Morgan fingerprint density at radius 2 is 2.15 bits per heavy atom. The second-order valence-corrected chi connectivity index (χ2v) is 4.36. The molecule has 0 aliphatic carbocycles. The summed E-state index contributed by atoms with van der Waals surface area (Å²) in [4.78, 5) is 4.51. The molecule has 0 bridgehead atoms. The number of rotatable bonds is 3. The Hall–Kier alpha value is -0.600. The van der Waals surface area contributed by atoms with Crippen LogP contribution >= 0.6 is 22.9 Å². The lowest BCUT2D eigenvalue weighted by Crippen LogP contribution is -1.83. The van der Waals surface area contributed by atoms with Gasteiger partial charge >= 0.3 is 0 Å². The minimum atomic E-state index is 0.718. The fourth-order valence-electron chi connectivity index (χ4n) is 1.24. The van der Waals surface area contributed by atoms with Gasteiger partial charge in [0.25, 0.3) is 0 Å². The van der Waals surface area contributed by atoms with Gasteiger partial charge < -0.3 is 0 Å². The predicted molar refractivity (Wildman–Crippen MR) is 58.7 cm³/mol. The highest BCUT2D eigenvalue weighted by atomic mass is 35.5. The van der Waals surface area contributed by atoms with Gasteiger partial charge in [-0.15, -0.1) is 22.9 Å². The van der Waals surface area contributed by atoms with E-state index in [-0.39, 0.29) is 0 Å². The van der Waals surface area contributed by atoms with Crippen LogP contribution in [0.15, 0.2) is 24.3 Å². The smallest absolute Gasteiger partial charge is 0.0939 e. The molecule has 0 atom stereocenters. The monoisotopic (exact) mass is 211 g/mol. The lowest BCUT2D eigenvalue weighted by atomic mass is 10.3. The molecular weight excluding hydrogens is 202 g/mol. The van der Waals surface area contributed by atoms with Gasteiger partial charge in [0.2, 0.25) is 0 Å². The molecule has 0 fully saturated rings. The van der Waals surface area contributed by atoms with Crippen LogP contribution in [0, 0.1) is 0 Å². The molecule has 0 N–H and O–H groups in total. The molecule has 1 nitrogen and oxygen atoms in total. The van der Waals surface area contributed by atoms with E-state index in [1.807, 2.05) is 12.1 Å². The Morgan fingerprint density at radius 3 is 2.92 bits per heavy atom. The average molecular weight is 212 g/mol. The minimum Gasteiger partial charge on any atom is -0.241 e. The Morgan fingerprint density at radius 1 is 1.31 bits per heavy atom. The van der Waals surface area contributed by atoms with E-state index in [0.717, 1.165) is 24.2 Å². The van der Waals surface area contributed by atoms with Crippen molar-refractivity contribution in [3.8, 4) is 0 Å². The van der Waals surface area contributed by atoms with Crippen LogP contribution in [0.25, 0.3) is 10.2 Å². The molecule has 1 aromatic carbocycles. The maximum Gasteiger partial charge on any atom is 0.0939 e. The number of fused-ring (bicyclic) bond motifs is 1. The molecule has 1 aromatic heterocycles. The quantitative estimate of drug-likeness (QED) is 0.709. The number of hydrogen-bond acceptors (Lipinski definition) is 2. The van der Waals surface area contributed by atoms with Crippen molar-refractivity contribution in [3.63, 3.8) is 0 Å². The van der Waals surface area contributed by atoms with Gasteiger partial charge in [0.05, 0.1) is 15.2 Å². The summed E-state index contributed by atoms with van der Waals surface area (Å²) in [7, 11) is 0.